The SMILES string of the molecule is N#Cc1cnccc1OCC[C@@H]1C[C@@H]1C1CCN(c2ncc(Cl)cn2)CC1. The molecule has 0 amide bonds. The fourth-order valence-corrected chi connectivity index (χ4v) is 4.19. The second-order valence-electron chi connectivity index (χ2n) is 7.31. The quantitative estimate of drug-likeness (QED) is 0.756. The highest BCUT2D eigenvalue weighted by molar-refractivity contribution is 6.30. The summed E-state index contributed by atoms with van der Waals surface area (Å²) in [6.07, 6.45) is 11.3. The fourth-order valence-electron chi connectivity index (χ4n) is 4.09. The van der Waals surface area contributed by atoms with Gasteiger partial charge in [-0.1, -0.05) is 11.6 Å². The molecule has 3 heterocycles. The average Bonchev–Trinajstić information content (AvgIpc) is 3.49. The third kappa shape index (κ3) is 4.30. The molecule has 0 N–H and O–H groups in total. The molecular weight excluding hydrogens is 362 g/mol. The first-order valence-corrected chi connectivity index (χ1v) is 9.82. The fraction of sp³-hybridized carbons (Fsp3) is 0.500. The second-order valence-corrected chi connectivity index (χ2v) is 7.74. The van der Waals surface area contributed by atoms with E-state index < -0.39 is 0 Å². The lowest BCUT2D eigenvalue weighted by Crippen LogP contribution is -2.35. The Hall–Kier alpha value is -2.39. The Balaban J connectivity index is 1.20. The summed E-state index contributed by atoms with van der Waals surface area (Å²) in [6, 6.07) is 3.88. The minimum absolute atomic E-state index is 0.502. The van der Waals surface area contributed by atoms with Gasteiger partial charge in [-0.15, -0.1) is 0 Å². The van der Waals surface area contributed by atoms with Gasteiger partial charge in [0.15, 0.2) is 0 Å². The molecule has 7 heteroatoms. The van der Waals surface area contributed by atoms with Gasteiger partial charge in [0.1, 0.15) is 17.4 Å². The third-order valence-electron chi connectivity index (χ3n) is 5.66. The van der Waals surface area contributed by atoms with Crippen molar-refractivity contribution >= 4 is 17.5 Å². The molecule has 27 heavy (non-hydrogen) atoms. The molecule has 1 aliphatic carbocycles. The molecule has 6 nitrogen and oxygen atoms in total. The monoisotopic (exact) mass is 383 g/mol. The number of rotatable bonds is 6. The molecule has 0 bridgehead atoms. The Bertz CT molecular complexity index is 814. The Kier molecular flexibility index (Phi) is 5.40. The first-order valence-electron chi connectivity index (χ1n) is 9.44. The van der Waals surface area contributed by atoms with Crippen LogP contribution in [0.4, 0.5) is 5.95 Å². The number of nitrogens with zero attached hydrogens (tertiary/aromatic N) is 5. The number of ether oxygens (including phenoxy) is 1. The molecule has 0 aromatic carbocycles. The van der Waals surface area contributed by atoms with E-state index >= 15 is 0 Å². The van der Waals surface area contributed by atoms with Gasteiger partial charge in [-0.25, -0.2) is 9.97 Å². The van der Waals surface area contributed by atoms with Crippen molar-refractivity contribution in [2.45, 2.75) is 25.7 Å². The zero-order chi connectivity index (χ0) is 18.6. The van der Waals surface area contributed by atoms with Crippen molar-refractivity contribution in [2.24, 2.45) is 17.8 Å². The van der Waals surface area contributed by atoms with E-state index in [0.717, 1.165) is 43.2 Å². The molecule has 0 spiro atoms. The number of hydrogen-bond donors (Lipinski definition) is 0. The van der Waals surface area contributed by atoms with Gasteiger partial charge in [0, 0.05) is 25.5 Å². The molecule has 140 valence electrons. The summed E-state index contributed by atoms with van der Waals surface area (Å²) >= 11 is 5.86. The summed E-state index contributed by atoms with van der Waals surface area (Å²) in [5, 5.41) is 9.65. The molecule has 2 aromatic rings. The van der Waals surface area contributed by atoms with Crippen molar-refractivity contribution in [1.29, 1.82) is 5.26 Å². The van der Waals surface area contributed by atoms with Crippen molar-refractivity contribution < 1.29 is 4.74 Å². The molecule has 4 rings (SSSR count). The van der Waals surface area contributed by atoms with Crippen molar-refractivity contribution in [1.82, 2.24) is 15.0 Å². The van der Waals surface area contributed by atoms with Crippen LogP contribution >= 0.6 is 11.6 Å². The predicted octanol–water partition coefficient (Wildman–Crippen LogP) is 3.72. The van der Waals surface area contributed by atoms with Gasteiger partial charge in [0.05, 0.1) is 24.0 Å². The first-order chi connectivity index (χ1) is 13.2. The zero-order valence-electron chi connectivity index (χ0n) is 15.1. The Morgan fingerprint density at radius 2 is 2.00 bits per heavy atom. The molecule has 0 radical (unpaired) electrons. The number of piperidine rings is 1. The summed E-state index contributed by atoms with van der Waals surface area (Å²) in [6.45, 7) is 2.68. The van der Waals surface area contributed by atoms with E-state index in [2.05, 4.69) is 25.9 Å². The average molecular weight is 384 g/mol. The van der Waals surface area contributed by atoms with E-state index in [4.69, 9.17) is 21.6 Å². The number of anilines is 1. The van der Waals surface area contributed by atoms with Gasteiger partial charge in [-0.3, -0.25) is 4.98 Å². The van der Waals surface area contributed by atoms with Crippen molar-refractivity contribution in [3.8, 4) is 11.8 Å². The minimum Gasteiger partial charge on any atom is -0.492 e. The Labute approximate surface area is 164 Å². The van der Waals surface area contributed by atoms with Gasteiger partial charge in [0.25, 0.3) is 0 Å². The van der Waals surface area contributed by atoms with E-state index in [1.807, 2.05) is 0 Å². The van der Waals surface area contributed by atoms with Crippen LogP contribution in [-0.4, -0.2) is 34.6 Å². The molecule has 0 unspecified atom stereocenters. The van der Waals surface area contributed by atoms with E-state index in [1.165, 1.54) is 19.3 Å². The third-order valence-corrected chi connectivity index (χ3v) is 5.85. The topological polar surface area (TPSA) is 74.9 Å². The van der Waals surface area contributed by atoms with Gasteiger partial charge < -0.3 is 9.64 Å². The summed E-state index contributed by atoms with van der Waals surface area (Å²) < 4.78 is 5.80. The second kappa shape index (κ2) is 8.10. The van der Waals surface area contributed by atoms with E-state index in [1.54, 1.807) is 30.9 Å². The van der Waals surface area contributed by atoms with Crippen LogP contribution in [0.3, 0.4) is 0 Å². The molecule has 1 saturated heterocycles. The first kappa shape index (κ1) is 18.0. The standard InChI is InChI=1S/C20H22ClN5O/c21-17-12-24-20(25-13-17)26-6-2-14(3-7-26)18-9-15(18)4-8-27-19-1-5-23-11-16(19)10-22/h1,5,11-15,18H,2-4,6-9H2/t15-,18-/m1/s1. The van der Waals surface area contributed by atoms with Crippen LogP contribution < -0.4 is 9.64 Å². The predicted molar refractivity (Wildman–Crippen MR) is 103 cm³/mol. The van der Waals surface area contributed by atoms with Crippen LogP contribution in [0.25, 0.3) is 0 Å². The Morgan fingerprint density at radius 3 is 2.74 bits per heavy atom. The van der Waals surface area contributed by atoms with Crippen LogP contribution in [-0.2, 0) is 0 Å². The Morgan fingerprint density at radius 1 is 1.22 bits per heavy atom. The number of hydrogen-bond acceptors (Lipinski definition) is 6. The normalized spacial score (nSPS) is 22.3. The summed E-state index contributed by atoms with van der Waals surface area (Å²) in [5.74, 6) is 3.77. The highest BCUT2D eigenvalue weighted by atomic mass is 35.5. The highest BCUT2D eigenvalue weighted by Crippen LogP contribution is 2.49. The number of aromatic nitrogens is 3. The molecular formula is C20H22ClN5O. The molecule has 2 atom stereocenters. The molecule has 1 aliphatic heterocycles. The molecule has 2 aromatic heterocycles. The minimum atomic E-state index is 0.502. The number of nitriles is 1. The maximum Gasteiger partial charge on any atom is 0.225 e. The maximum atomic E-state index is 9.08. The summed E-state index contributed by atoms with van der Waals surface area (Å²) in [5.41, 5.74) is 0.502. The van der Waals surface area contributed by atoms with Crippen LogP contribution in [0.1, 0.15) is 31.2 Å². The molecule has 2 aliphatic rings. The number of pyridine rings is 1. The van der Waals surface area contributed by atoms with Gasteiger partial charge >= 0.3 is 0 Å². The van der Waals surface area contributed by atoms with E-state index in [0.29, 0.717) is 22.9 Å². The van der Waals surface area contributed by atoms with Gasteiger partial charge in [0.2, 0.25) is 5.95 Å². The smallest absolute Gasteiger partial charge is 0.225 e. The highest BCUT2D eigenvalue weighted by Gasteiger charge is 2.43. The van der Waals surface area contributed by atoms with E-state index in [9.17, 15) is 0 Å². The van der Waals surface area contributed by atoms with Crippen molar-refractivity contribution in [3.63, 3.8) is 0 Å². The summed E-state index contributed by atoms with van der Waals surface area (Å²) in [7, 11) is 0. The van der Waals surface area contributed by atoms with Crippen LogP contribution in [0.5, 0.6) is 5.75 Å². The molecule has 1 saturated carbocycles. The van der Waals surface area contributed by atoms with Gasteiger partial charge in [-0.2, -0.15) is 5.26 Å². The lowest BCUT2D eigenvalue weighted by atomic mass is 9.90. The van der Waals surface area contributed by atoms with Crippen molar-refractivity contribution in [2.75, 3.05) is 24.6 Å². The lowest BCUT2D eigenvalue weighted by Gasteiger charge is -2.32. The summed E-state index contributed by atoms with van der Waals surface area (Å²) in [4.78, 5) is 14.9. The van der Waals surface area contributed by atoms with Crippen LogP contribution in [0.15, 0.2) is 30.9 Å². The maximum absolute atomic E-state index is 9.08. The largest absolute Gasteiger partial charge is 0.492 e. The zero-order valence-corrected chi connectivity index (χ0v) is 15.8. The van der Waals surface area contributed by atoms with Crippen LogP contribution in [0, 0.1) is 29.1 Å². The molecule has 2 fully saturated rings. The lowest BCUT2D eigenvalue weighted by molar-refractivity contribution is 0.283. The van der Waals surface area contributed by atoms with Gasteiger partial charge in [-0.05, 0) is 49.5 Å². The number of halogens is 1. The van der Waals surface area contributed by atoms with Crippen molar-refractivity contribution in [3.05, 3.63) is 41.4 Å². The van der Waals surface area contributed by atoms with Crippen LogP contribution in [0.2, 0.25) is 5.02 Å². The van der Waals surface area contributed by atoms with E-state index in [-0.39, 0.29) is 0 Å².